The van der Waals surface area contributed by atoms with E-state index in [1.165, 1.54) is 0 Å². The molecule has 0 amide bonds. The summed E-state index contributed by atoms with van der Waals surface area (Å²) in [5.41, 5.74) is 7.12. The van der Waals surface area contributed by atoms with Crippen LogP contribution in [0.3, 0.4) is 0 Å². The Labute approximate surface area is 128 Å². The summed E-state index contributed by atoms with van der Waals surface area (Å²) in [5, 5.41) is 0. The van der Waals surface area contributed by atoms with Crippen LogP contribution in [0.25, 0.3) is 0 Å². The number of methoxy groups -OCH3 is 3. The van der Waals surface area contributed by atoms with E-state index in [2.05, 4.69) is 15.9 Å². The van der Waals surface area contributed by atoms with Gasteiger partial charge in [-0.1, -0.05) is 0 Å². The lowest BCUT2D eigenvalue weighted by molar-refractivity contribution is 0.0671. The van der Waals surface area contributed by atoms with Crippen LogP contribution in [0.15, 0.2) is 16.6 Å². The predicted octanol–water partition coefficient (Wildman–Crippen LogP) is 2.52. The first-order valence-electron chi connectivity index (χ1n) is 6.38. The highest BCUT2D eigenvalue weighted by molar-refractivity contribution is 9.10. The zero-order valence-corrected chi connectivity index (χ0v) is 13.7. The molecule has 0 fully saturated rings. The number of benzene rings is 1. The third-order valence-corrected chi connectivity index (χ3v) is 3.67. The van der Waals surface area contributed by atoms with E-state index in [-0.39, 0.29) is 6.04 Å². The van der Waals surface area contributed by atoms with E-state index in [0.717, 1.165) is 10.0 Å². The average Bonchev–Trinajstić information content (AvgIpc) is 2.46. The van der Waals surface area contributed by atoms with E-state index < -0.39 is 0 Å². The van der Waals surface area contributed by atoms with Gasteiger partial charge in [0, 0.05) is 25.3 Å². The third kappa shape index (κ3) is 4.63. The molecule has 0 heterocycles. The van der Waals surface area contributed by atoms with E-state index in [1.54, 1.807) is 21.3 Å². The highest BCUT2D eigenvalue weighted by Crippen LogP contribution is 2.39. The second kappa shape index (κ2) is 9.18. The Kier molecular flexibility index (Phi) is 7.91. The number of halogens is 1. The van der Waals surface area contributed by atoms with Crippen molar-refractivity contribution in [1.29, 1.82) is 0 Å². The second-order valence-electron chi connectivity index (χ2n) is 4.20. The molecule has 0 aliphatic heterocycles. The molecule has 20 heavy (non-hydrogen) atoms. The first kappa shape index (κ1) is 17.2. The van der Waals surface area contributed by atoms with E-state index in [9.17, 15) is 0 Å². The van der Waals surface area contributed by atoms with Crippen LogP contribution in [-0.2, 0) is 9.47 Å². The predicted molar refractivity (Wildman–Crippen MR) is 81.5 cm³/mol. The van der Waals surface area contributed by atoms with Crippen molar-refractivity contribution < 1.29 is 18.9 Å². The fourth-order valence-corrected chi connectivity index (χ4v) is 2.50. The molecule has 0 saturated heterocycles. The second-order valence-corrected chi connectivity index (χ2v) is 5.00. The first-order valence-corrected chi connectivity index (χ1v) is 7.17. The normalized spacial score (nSPS) is 12.2. The van der Waals surface area contributed by atoms with Gasteiger partial charge >= 0.3 is 0 Å². The summed E-state index contributed by atoms with van der Waals surface area (Å²) in [6.07, 6.45) is 0.707. The van der Waals surface area contributed by atoms with Gasteiger partial charge < -0.3 is 24.7 Å². The van der Waals surface area contributed by atoms with Gasteiger partial charge in [-0.15, -0.1) is 0 Å². The quantitative estimate of drug-likeness (QED) is 0.695. The van der Waals surface area contributed by atoms with Crippen molar-refractivity contribution in [3.63, 3.8) is 0 Å². The molecule has 1 unspecified atom stereocenters. The lowest BCUT2D eigenvalue weighted by Crippen LogP contribution is -2.15. The molecule has 2 N–H and O–H groups in total. The molecular weight excluding hydrogens is 326 g/mol. The molecule has 6 heteroatoms. The molecule has 0 aromatic heterocycles. The van der Waals surface area contributed by atoms with E-state index in [0.29, 0.717) is 37.7 Å². The maximum atomic E-state index is 6.19. The fraction of sp³-hybridized carbons (Fsp3) is 0.571. The molecule has 5 nitrogen and oxygen atoms in total. The Morgan fingerprint density at radius 3 is 2.45 bits per heavy atom. The summed E-state index contributed by atoms with van der Waals surface area (Å²) in [6.45, 7) is 1.75. The van der Waals surface area contributed by atoms with Gasteiger partial charge in [-0.05, 0) is 34.5 Å². The topological polar surface area (TPSA) is 62.9 Å². The van der Waals surface area contributed by atoms with Gasteiger partial charge in [0.25, 0.3) is 0 Å². The Morgan fingerprint density at radius 2 is 1.85 bits per heavy atom. The van der Waals surface area contributed by atoms with Crippen molar-refractivity contribution >= 4 is 15.9 Å². The molecule has 0 saturated carbocycles. The number of hydrogen-bond donors (Lipinski definition) is 1. The molecule has 0 spiro atoms. The van der Waals surface area contributed by atoms with Crippen LogP contribution >= 0.6 is 15.9 Å². The molecule has 0 aliphatic carbocycles. The van der Waals surface area contributed by atoms with Crippen molar-refractivity contribution in [2.45, 2.75) is 12.5 Å². The zero-order valence-electron chi connectivity index (χ0n) is 12.1. The van der Waals surface area contributed by atoms with Crippen LogP contribution in [0, 0.1) is 0 Å². The Bertz CT molecular complexity index is 414. The summed E-state index contributed by atoms with van der Waals surface area (Å²) in [7, 11) is 4.88. The first-order chi connectivity index (χ1) is 9.65. The van der Waals surface area contributed by atoms with Crippen molar-refractivity contribution in [2.75, 3.05) is 41.2 Å². The van der Waals surface area contributed by atoms with Crippen LogP contribution in [-0.4, -0.2) is 41.2 Å². The maximum Gasteiger partial charge on any atom is 0.141 e. The Morgan fingerprint density at radius 1 is 1.10 bits per heavy atom. The van der Waals surface area contributed by atoms with E-state index in [1.807, 2.05) is 12.1 Å². The smallest absolute Gasteiger partial charge is 0.141 e. The third-order valence-electron chi connectivity index (χ3n) is 2.92. The number of nitrogens with two attached hydrogens (primary N) is 1. The minimum Gasteiger partial charge on any atom is -0.495 e. The van der Waals surface area contributed by atoms with Gasteiger partial charge in [0.1, 0.15) is 16.0 Å². The molecule has 1 rings (SSSR count). The maximum absolute atomic E-state index is 6.19. The fourth-order valence-electron chi connectivity index (χ4n) is 1.82. The van der Waals surface area contributed by atoms with E-state index >= 15 is 0 Å². The highest BCUT2D eigenvalue weighted by Gasteiger charge is 2.17. The van der Waals surface area contributed by atoms with Crippen LogP contribution in [0.2, 0.25) is 0 Å². The summed E-state index contributed by atoms with van der Waals surface area (Å²) in [6, 6.07) is 3.63. The summed E-state index contributed by atoms with van der Waals surface area (Å²) >= 11 is 3.47. The number of rotatable bonds is 9. The molecule has 1 aromatic carbocycles. The summed E-state index contributed by atoms with van der Waals surface area (Å²) in [4.78, 5) is 0. The Hall–Kier alpha value is -0.820. The van der Waals surface area contributed by atoms with Crippen LogP contribution in [0.5, 0.6) is 11.5 Å². The minimum absolute atomic E-state index is 0.158. The zero-order chi connectivity index (χ0) is 15.0. The number of ether oxygens (including phenoxy) is 4. The molecule has 0 bridgehead atoms. The van der Waals surface area contributed by atoms with Gasteiger partial charge in [0.05, 0.1) is 27.4 Å². The molecule has 1 aromatic rings. The lowest BCUT2D eigenvalue weighted by atomic mass is 10.0. The van der Waals surface area contributed by atoms with Gasteiger partial charge in [-0.3, -0.25) is 0 Å². The molecule has 0 aliphatic rings. The van der Waals surface area contributed by atoms with Crippen LogP contribution in [0.1, 0.15) is 18.0 Å². The van der Waals surface area contributed by atoms with Crippen LogP contribution in [0.4, 0.5) is 0 Å². The largest absolute Gasteiger partial charge is 0.495 e. The highest BCUT2D eigenvalue weighted by atomic mass is 79.9. The van der Waals surface area contributed by atoms with Crippen molar-refractivity contribution in [3.8, 4) is 11.5 Å². The summed E-state index contributed by atoms with van der Waals surface area (Å²) in [5.74, 6) is 1.42. The SMILES string of the molecule is COCCOCCC(N)c1ccc(OC)c(Br)c1OC. The van der Waals surface area contributed by atoms with Gasteiger partial charge in [-0.2, -0.15) is 0 Å². The molecule has 1 atom stereocenters. The molecule has 0 radical (unpaired) electrons. The van der Waals surface area contributed by atoms with Crippen LogP contribution < -0.4 is 15.2 Å². The van der Waals surface area contributed by atoms with E-state index in [4.69, 9.17) is 24.7 Å². The van der Waals surface area contributed by atoms with Crippen molar-refractivity contribution in [2.24, 2.45) is 5.73 Å². The van der Waals surface area contributed by atoms with Crippen molar-refractivity contribution in [1.82, 2.24) is 0 Å². The number of hydrogen-bond acceptors (Lipinski definition) is 5. The standard InChI is InChI=1S/C14H22BrNO4/c1-17-8-9-20-7-6-11(16)10-4-5-12(18-2)13(15)14(10)19-3/h4-5,11H,6-9,16H2,1-3H3. The molecular formula is C14H22BrNO4. The minimum atomic E-state index is -0.158. The van der Waals surface area contributed by atoms with Gasteiger partial charge in [0.15, 0.2) is 0 Å². The molecule has 114 valence electrons. The van der Waals surface area contributed by atoms with Gasteiger partial charge in [-0.25, -0.2) is 0 Å². The lowest BCUT2D eigenvalue weighted by Gasteiger charge is -2.18. The van der Waals surface area contributed by atoms with Gasteiger partial charge in [0.2, 0.25) is 0 Å². The average molecular weight is 348 g/mol. The Balaban J connectivity index is 2.67. The summed E-state index contributed by atoms with van der Waals surface area (Å²) < 4.78 is 21.8. The van der Waals surface area contributed by atoms with Crippen molar-refractivity contribution in [3.05, 3.63) is 22.2 Å². The monoisotopic (exact) mass is 347 g/mol.